The third kappa shape index (κ3) is 3.17. The number of thiazole rings is 1. The molecule has 0 unspecified atom stereocenters. The van der Waals surface area contributed by atoms with Crippen molar-refractivity contribution in [2.24, 2.45) is 0 Å². The molecule has 0 spiro atoms. The van der Waals surface area contributed by atoms with Crippen molar-refractivity contribution in [3.8, 4) is 0 Å². The van der Waals surface area contributed by atoms with E-state index in [4.69, 9.17) is 5.73 Å². The quantitative estimate of drug-likeness (QED) is 0.821. The molecule has 1 heterocycles. The molecule has 0 saturated carbocycles. The van der Waals surface area contributed by atoms with Crippen molar-refractivity contribution in [3.05, 3.63) is 40.1 Å². The number of aromatic nitrogens is 1. The molecule has 0 aliphatic heterocycles. The number of benzene rings is 1. The molecule has 0 aliphatic rings. The van der Waals surface area contributed by atoms with Gasteiger partial charge >= 0.3 is 0 Å². The molecule has 1 aromatic carbocycles. The molecule has 3 nitrogen and oxygen atoms in total. The smallest absolute Gasteiger partial charge is 0.148 e. The molecular formula is C12H14FN3S. The van der Waals surface area contributed by atoms with Gasteiger partial charge in [-0.05, 0) is 25.1 Å². The summed E-state index contributed by atoms with van der Waals surface area (Å²) in [5.41, 5.74) is 7.42. The van der Waals surface area contributed by atoms with Gasteiger partial charge in [0.1, 0.15) is 5.82 Å². The Morgan fingerprint density at radius 3 is 2.94 bits per heavy atom. The van der Waals surface area contributed by atoms with Gasteiger partial charge in [0.25, 0.3) is 0 Å². The van der Waals surface area contributed by atoms with Gasteiger partial charge < -0.3 is 11.1 Å². The SMILES string of the molecule is Cc1csc(CCNc2ccc(N)cc2F)n1. The van der Waals surface area contributed by atoms with Crippen LogP contribution < -0.4 is 11.1 Å². The Balaban J connectivity index is 1.90. The highest BCUT2D eigenvalue weighted by molar-refractivity contribution is 7.09. The Morgan fingerprint density at radius 1 is 1.47 bits per heavy atom. The van der Waals surface area contributed by atoms with E-state index < -0.39 is 0 Å². The van der Waals surface area contributed by atoms with Gasteiger partial charge in [-0.2, -0.15) is 0 Å². The van der Waals surface area contributed by atoms with Crippen molar-refractivity contribution in [1.82, 2.24) is 4.98 Å². The van der Waals surface area contributed by atoms with E-state index in [-0.39, 0.29) is 5.82 Å². The van der Waals surface area contributed by atoms with Crippen LogP contribution in [-0.2, 0) is 6.42 Å². The largest absolute Gasteiger partial charge is 0.399 e. The standard InChI is InChI=1S/C12H14FN3S/c1-8-7-17-12(16-8)4-5-15-11-3-2-9(14)6-10(11)13/h2-3,6-7,15H,4-5,14H2,1H3. The normalized spacial score (nSPS) is 10.5. The maximum absolute atomic E-state index is 13.4. The van der Waals surface area contributed by atoms with E-state index in [1.165, 1.54) is 6.07 Å². The molecule has 5 heteroatoms. The van der Waals surface area contributed by atoms with Crippen molar-refractivity contribution in [1.29, 1.82) is 0 Å². The van der Waals surface area contributed by atoms with Crippen LogP contribution in [0.4, 0.5) is 15.8 Å². The molecule has 0 atom stereocenters. The van der Waals surface area contributed by atoms with Crippen molar-refractivity contribution < 1.29 is 4.39 Å². The van der Waals surface area contributed by atoms with Crippen molar-refractivity contribution in [2.75, 3.05) is 17.6 Å². The first-order valence-electron chi connectivity index (χ1n) is 5.35. The summed E-state index contributed by atoms with van der Waals surface area (Å²) < 4.78 is 13.4. The number of nitrogens with two attached hydrogens (primary N) is 1. The number of hydrogen-bond acceptors (Lipinski definition) is 4. The van der Waals surface area contributed by atoms with E-state index in [1.807, 2.05) is 12.3 Å². The predicted octanol–water partition coefficient (Wildman–Crippen LogP) is 2.83. The number of halogens is 1. The van der Waals surface area contributed by atoms with Crippen LogP contribution in [0.25, 0.3) is 0 Å². The van der Waals surface area contributed by atoms with Crippen molar-refractivity contribution in [3.63, 3.8) is 0 Å². The number of hydrogen-bond donors (Lipinski definition) is 2. The monoisotopic (exact) mass is 251 g/mol. The topological polar surface area (TPSA) is 50.9 Å². The maximum Gasteiger partial charge on any atom is 0.148 e. The van der Waals surface area contributed by atoms with Gasteiger partial charge in [-0.1, -0.05) is 0 Å². The lowest BCUT2D eigenvalue weighted by Crippen LogP contribution is -2.06. The highest BCUT2D eigenvalue weighted by atomic mass is 32.1. The maximum atomic E-state index is 13.4. The summed E-state index contributed by atoms with van der Waals surface area (Å²) in [4.78, 5) is 4.34. The average molecular weight is 251 g/mol. The number of nitrogen functional groups attached to an aromatic ring is 1. The van der Waals surface area contributed by atoms with E-state index in [0.717, 1.165) is 17.1 Å². The summed E-state index contributed by atoms with van der Waals surface area (Å²) in [6, 6.07) is 4.65. The molecule has 90 valence electrons. The number of rotatable bonds is 4. The Bertz CT molecular complexity index is 510. The zero-order chi connectivity index (χ0) is 12.3. The molecule has 0 aliphatic carbocycles. The average Bonchev–Trinajstić information content (AvgIpc) is 2.68. The van der Waals surface area contributed by atoms with Gasteiger partial charge in [0.15, 0.2) is 0 Å². The summed E-state index contributed by atoms with van der Waals surface area (Å²) >= 11 is 1.63. The highest BCUT2D eigenvalue weighted by Crippen LogP contribution is 2.17. The van der Waals surface area contributed by atoms with Crippen LogP contribution in [-0.4, -0.2) is 11.5 Å². The van der Waals surface area contributed by atoms with Crippen LogP contribution in [0.2, 0.25) is 0 Å². The van der Waals surface area contributed by atoms with Crippen LogP contribution in [0.3, 0.4) is 0 Å². The number of nitrogens with one attached hydrogen (secondary N) is 1. The highest BCUT2D eigenvalue weighted by Gasteiger charge is 2.02. The zero-order valence-corrected chi connectivity index (χ0v) is 10.4. The Hall–Kier alpha value is -1.62. The summed E-state index contributed by atoms with van der Waals surface area (Å²) in [6.07, 6.45) is 0.794. The minimum absolute atomic E-state index is 0.319. The van der Waals surface area contributed by atoms with Crippen LogP contribution >= 0.6 is 11.3 Å². The minimum atomic E-state index is -0.319. The number of aryl methyl sites for hydroxylation is 1. The van der Waals surface area contributed by atoms with Gasteiger partial charge in [0, 0.05) is 29.7 Å². The second-order valence-electron chi connectivity index (χ2n) is 3.80. The summed E-state index contributed by atoms with van der Waals surface area (Å²) in [7, 11) is 0. The molecule has 2 aromatic rings. The number of anilines is 2. The predicted molar refractivity (Wildman–Crippen MR) is 69.9 cm³/mol. The van der Waals surface area contributed by atoms with Crippen LogP contribution in [0.1, 0.15) is 10.7 Å². The summed E-state index contributed by atoms with van der Waals surface area (Å²) in [6.45, 7) is 2.63. The summed E-state index contributed by atoms with van der Waals surface area (Å²) in [5.74, 6) is -0.319. The van der Waals surface area contributed by atoms with Crippen LogP contribution in [0.15, 0.2) is 23.6 Å². The molecule has 0 fully saturated rings. The lowest BCUT2D eigenvalue weighted by atomic mass is 10.2. The number of nitrogens with zero attached hydrogens (tertiary/aromatic N) is 1. The third-order valence-corrected chi connectivity index (χ3v) is 3.34. The van der Waals surface area contributed by atoms with Crippen molar-refractivity contribution in [2.45, 2.75) is 13.3 Å². The zero-order valence-electron chi connectivity index (χ0n) is 9.53. The molecule has 0 bridgehead atoms. The Labute approximate surface area is 103 Å². The second kappa shape index (κ2) is 5.14. The fourth-order valence-corrected chi connectivity index (χ4v) is 2.27. The first-order valence-corrected chi connectivity index (χ1v) is 6.23. The van der Waals surface area contributed by atoms with Gasteiger partial charge in [-0.15, -0.1) is 11.3 Å². The minimum Gasteiger partial charge on any atom is -0.399 e. The van der Waals surface area contributed by atoms with Gasteiger partial charge in [-0.3, -0.25) is 0 Å². The lowest BCUT2D eigenvalue weighted by Gasteiger charge is -2.06. The van der Waals surface area contributed by atoms with Crippen LogP contribution in [0, 0.1) is 12.7 Å². The first kappa shape index (κ1) is 11.9. The first-order chi connectivity index (χ1) is 8.15. The van der Waals surface area contributed by atoms with Gasteiger partial charge in [0.05, 0.1) is 10.7 Å². The molecule has 0 radical (unpaired) electrons. The van der Waals surface area contributed by atoms with Crippen LogP contribution in [0.5, 0.6) is 0 Å². The molecule has 2 rings (SSSR count). The van der Waals surface area contributed by atoms with Gasteiger partial charge in [-0.25, -0.2) is 9.37 Å². The van der Waals surface area contributed by atoms with E-state index in [2.05, 4.69) is 10.3 Å². The molecule has 1 aromatic heterocycles. The Kier molecular flexibility index (Phi) is 3.58. The van der Waals surface area contributed by atoms with Crippen molar-refractivity contribution >= 4 is 22.7 Å². The lowest BCUT2D eigenvalue weighted by molar-refractivity contribution is 0.630. The van der Waals surface area contributed by atoms with Gasteiger partial charge in [0.2, 0.25) is 0 Å². The third-order valence-electron chi connectivity index (χ3n) is 2.31. The summed E-state index contributed by atoms with van der Waals surface area (Å²) in [5, 5.41) is 6.11. The van der Waals surface area contributed by atoms with E-state index >= 15 is 0 Å². The van der Waals surface area contributed by atoms with E-state index in [9.17, 15) is 4.39 Å². The molecule has 0 saturated heterocycles. The fourth-order valence-electron chi connectivity index (χ4n) is 1.50. The molecular weight excluding hydrogens is 237 g/mol. The van der Waals surface area contributed by atoms with E-state index in [0.29, 0.717) is 17.9 Å². The molecule has 3 N–H and O–H groups in total. The Morgan fingerprint density at radius 2 is 2.29 bits per heavy atom. The molecule has 17 heavy (non-hydrogen) atoms. The van der Waals surface area contributed by atoms with E-state index in [1.54, 1.807) is 23.5 Å². The second-order valence-corrected chi connectivity index (χ2v) is 4.74. The fraction of sp³-hybridized carbons (Fsp3) is 0.250. The molecule has 0 amide bonds.